The van der Waals surface area contributed by atoms with E-state index in [1.165, 1.54) is 4.90 Å². The van der Waals surface area contributed by atoms with Gasteiger partial charge in [-0.2, -0.15) is 0 Å². The van der Waals surface area contributed by atoms with Gasteiger partial charge < -0.3 is 9.47 Å². The van der Waals surface area contributed by atoms with Gasteiger partial charge in [0.25, 0.3) is 11.8 Å². The predicted octanol–water partition coefficient (Wildman–Crippen LogP) is 5.49. The van der Waals surface area contributed by atoms with E-state index in [2.05, 4.69) is 12.2 Å². The van der Waals surface area contributed by atoms with Gasteiger partial charge in [-0.25, -0.2) is 0 Å². The third-order valence-electron chi connectivity index (χ3n) is 5.11. The third kappa shape index (κ3) is 5.50. The number of ether oxygens (including phenoxy) is 2. The first-order valence-electron chi connectivity index (χ1n) is 11.0. The molecule has 4 rings (SSSR count). The van der Waals surface area contributed by atoms with E-state index in [0.717, 1.165) is 12.8 Å². The van der Waals surface area contributed by atoms with Crippen molar-refractivity contribution in [1.82, 2.24) is 5.32 Å². The molecule has 2 amide bonds. The Kier molecular flexibility index (Phi) is 7.34. The molecule has 172 valence electrons. The molecule has 1 saturated heterocycles. The summed E-state index contributed by atoms with van der Waals surface area (Å²) in [6, 6.07) is 23.6. The van der Waals surface area contributed by atoms with E-state index < -0.39 is 11.8 Å². The van der Waals surface area contributed by atoms with Crippen molar-refractivity contribution in [2.24, 2.45) is 0 Å². The van der Waals surface area contributed by atoms with Crippen LogP contribution in [0.25, 0.3) is 6.08 Å². The fourth-order valence-corrected chi connectivity index (χ4v) is 3.66. The molecule has 7 heteroatoms. The highest BCUT2D eigenvalue weighted by molar-refractivity contribution is 7.80. The highest BCUT2D eigenvalue weighted by atomic mass is 32.1. The number of rotatable bonds is 8. The molecule has 0 radical (unpaired) electrons. The van der Waals surface area contributed by atoms with Crippen LogP contribution in [0.5, 0.6) is 17.2 Å². The Labute approximate surface area is 203 Å². The van der Waals surface area contributed by atoms with Crippen molar-refractivity contribution in [2.75, 3.05) is 11.5 Å². The molecule has 1 fully saturated rings. The largest absolute Gasteiger partial charge is 0.494 e. The molecule has 34 heavy (non-hydrogen) atoms. The van der Waals surface area contributed by atoms with Crippen LogP contribution in [0.15, 0.2) is 84.4 Å². The average Bonchev–Trinajstić information content (AvgIpc) is 2.84. The number of anilines is 1. The highest BCUT2D eigenvalue weighted by Crippen LogP contribution is 2.27. The van der Waals surface area contributed by atoms with Crippen LogP contribution in [0.1, 0.15) is 25.3 Å². The molecule has 6 nitrogen and oxygen atoms in total. The minimum absolute atomic E-state index is 0.0103. The molecular weight excluding hydrogens is 448 g/mol. The highest BCUT2D eigenvalue weighted by Gasteiger charge is 2.34. The van der Waals surface area contributed by atoms with Gasteiger partial charge in [0.1, 0.15) is 22.8 Å². The lowest BCUT2D eigenvalue weighted by Crippen LogP contribution is -2.54. The molecule has 0 atom stereocenters. The zero-order chi connectivity index (χ0) is 23.9. The van der Waals surface area contributed by atoms with Gasteiger partial charge in [-0.05, 0) is 78.8 Å². The van der Waals surface area contributed by atoms with Crippen molar-refractivity contribution in [3.63, 3.8) is 0 Å². The number of carbonyl (C=O) groups is 2. The van der Waals surface area contributed by atoms with Gasteiger partial charge in [0.15, 0.2) is 5.11 Å². The van der Waals surface area contributed by atoms with Gasteiger partial charge in [-0.1, -0.05) is 43.7 Å². The number of nitrogens with zero attached hydrogens (tertiary/aromatic N) is 1. The van der Waals surface area contributed by atoms with Crippen LogP contribution in [0.3, 0.4) is 0 Å². The lowest BCUT2D eigenvalue weighted by molar-refractivity contribution is -0.122. The van der Waals surface area contributed by atoms with E-state index in [-0.39, 0.29) is 10.7 Å². The Hall–Kier alpha value is -3.97. The molecule has 1 heterocycles. The second-order valence-electron chi connectivity index (χ2n) is 7.64. The molecular formula is C27H24N2O4S. The molecule has 0 spiro atoms. The van der Waals surface area contributed by atoms with Gasteiger partial charge in [-0.15, -0.1) is 0 Å². The standard InChI is InChI=1S/C27H24N2O4S/c1-2-3-16-32-23-11-7-8-19(17-23)18-24-25(30)28-27(34)29(26(24)31)20-12-14-22(15-13-20)33-21-9-5-4-6-10-21/h4-15,17-18H,2-3,16H2,1H3,(H,28,30,34). The third-order valence-corrected chi connectivity index (χ3v) is 5.40. The maximum atomic E-state index is 13.3. The number of unbranched alkanes of at least 4 members (excludes halogenated alkanes) is 1. The normalized spacial score (nSPS) is 14.8. The minimum atomic E-state index is -0.535. The smallest absolute Gasteiger partial charge is 0.270 e. The minimum Gasteiger partial charge on any atom is -0.494 e. The molecule has 0 unspecified atom stereocenters. The van der Waals surface area contributed by atoms with Crippen LogP contribution >= 0.6 is 12.2 Å². The number of nitrogens with one attached hydrogen (secondary N) is 1. The summed E-state index contributed by atoms with van der Waals surface area (Å²) in [7, 11) is 0. The number of thiocarbonyl (C=S) groups is 1. The fourth-order valence-electron chi connectivity index (χ4n) is 3.37. The summed E-state index contributed by atoms with van der Waals surface area (Å²) in [6.45, 7) is 2.71. The van der Waals surface area contributed by atoms with Gasteiger partial charge in [0.05, 0.1) is 12.3 Å². The van der Waals surface area contributed by atoms with E-state index in [0.29, 0.717) is 35.1 Å². The van der Waals surface area contributed by atoms with Gasteiger partial charge in [0, 0.05) is 0 Å². The molecule has 0 aliphatic carbocycles. The first-order chi connectivity index (χ1) is 16.5. The van der Waals surface area contributed by atoms with Crippen LogP contribution < -0.4 is 19.7 Å². The molecule has 1 aliphatic heterocycles. The summed E-state index contributed by atoms with van der Waals surface area (Å²) in [5.41, 5.74) is 1.20. The number of benzene rings is 3. The van der Waals surface area contributed by atoms with Crippen LogP contribution in [0.4, 0.5) is 5.69 Å². The number of amides is 2. The Morgan fingerprint density at radius 2 is 1.62 bits per heavy atom. The molecule has 1 aliphatic rings. The number of hydrogen-bond acceptors (Lipinski definition) is 5. The molecule has 0 bridgehead atoms. The van der Waals surface area contributed by atoms with Crippen molar-refractivity contribution in [3.05, 3.63) is 90.0 Å². The van der Waals surface area contributed by atoms with Gasteiger partial charge in [-0.3, -0.25) is 19.8 Å². The summed E-state index contributed by atoms with van der Waals surface area (Å²) in [5.74, 6) is 0.978. The maximum absolute atomic E-state index is 13.3. The number of carbonyl (C=O) groups excluding carboxylic acids is 2. The second kappa shape index (κ2) is 10.8. The van der Waals surface area contributed by atoms with E-state index in [9.17, 15) is 9.59 Å². The molecule has 0 saturated carbocycles. The Bertz CT molecular complexity index is 1220. The number of para-hydroxylation sites is 1. The van der Waals surface area contributed by atoms with Crippen LogP contribution in [0.2, 0.25) is 0 Å². The molecule has 3 aromatic rings. The second-order valence-corrected chi connectivity index (χ2v) is 8.03. The van der Waals surface area contributed by atoms with Gasteiger partial charge in [0.2, 0.25) is 0 Å². The Morgan fingerprint density at radius 1 is 0.912 bits per heavy atom. The van der Waals surface area contributed by atoms with Crippen molar-refractivity contribution >= 4 is 40.9 Å². The lowest BCUT2D eigenvalue weighted by atomic mass is 10.1. The van der Waals surface area contributed by atoms with Gasteiger partial charge >= 0.3 is 0 Å². The zero-order valence-electron chi connectivity index (χ0n) is 18.7. The van der Waals surface area contributed by atoms with E-state index in [4.69, 9.17) is 21.7 Å². The topological polar surface area (TPSA) is 67.9 Å². The van der Waals surface area contributed by atoms with Crippen molar-refractivity contribution < 1.29 is 19.1 Å². The van der Waals surface area contributed by atoms with Crippen LogP contribution in [0, 0.1) is 0 Å². The SMILES string of the molecule is CCCCOc1cccc(C=C2C(=O)NC(=S)N(c3ccc(Oc4ccccc4)cc3)C2=O)c1. The average molecular weight is 473 g/mol. The van der Waals surface area contributed by atoms with Crippen molar-refractivity contribution in [2.45, 2.75) is 19.8 Å². The summed E-state index contributed by atoms with van der Waals surface area (Å²) < 4.78 is 11.5. The number of hydrogen-bond donors (Lipinski definition) is 1. The van der Waals surface area contributed by atoms with E-state index in [1.54, 1.807) is 36.4 Å². The van der Waals surface area contributed by atoms with Crippen molar-refractivity contribution in [3.8, 4) is 17.2 Å². The quantitative estimate of drug-likeness (QED) is 0.203. The van der Waals surface area contributed by atoms with Crippen LogP contribution in [-0.4, -0.2) is 23.5 Å². The van der Waals surface area contributed by atoms with Crippen LogP contribution in [-0.2, 0) is 9.59 Å². The maximum Gasteiger partial charge on any atom is 0.270 e. The zero-order valence-corrected chi connectivity index (χ0v) is 19.5. The summed E-state index contributed by atoms with van der Waals surface area (Å²) in [5, 5.41) is 2.63. The fraction of sp³-hybridized carbons (Fsp3) is 0.148. The molecule has 0 aromatic heterocycles. The van der Waals surface area contributed by atoms with E-state index >= 15 is 0 Å². The Morgan fingerprint density at radius 3 is 2.35 bits per heavy atom. The summed E-state index contributed by atoms with van der Waals surface area (Å²) >= 11 is 5.29. The first-order valence-corrected chi connectivity index (χ1v) is 11.4. The van der Waals surface area contributed by atoms with Crippen molar-refractivity contribution in [1.29, 1.82) is 0 Å². The lowest BCUT2D eigenvalue weighted by Gasteiger charge is -2.29. The monoisotopic (exact) mass is 472 g/mol. The van der Waals surface area contributed by atoms with E-state index in [1.807, 2.05) is 48.5 Å². The molecule has 3 aromatic carbocycles. The summed E-state index contributed by atoms with van der Waals surface area (Å²) in [4.78, 5) is 27.2. The Balaban J connectivity index is 1.54. The first kappa shape index (κ1) is 23.2. The summed E-state index contributed by atoms with van der Waals surface area (Å²) in [6.07, 6.45) is 3.54. The molecule has 1 N–H and O–H groups in total. The predicted molar refractivity (Wildman–Crippen MR) is 136 cm³/mol.